The molecule has 5 aromatic rings. The summed E-state index contributed by atoms with van der Waals surface area (Å²) in [6.45, 7) is 16.2. The standard InChI is InChI=1S/C50H50BN3/c1-33-19-24-40(25-20-33)53-45-30-21-34(2)31-43(45)51-42-29-28-41(32-48(42)54(38-14-9-8-10-15-38)47-18-12-17-46(53)49(47)51)52(44-16-11-13-35(3)36(44)4)39-26-22-37(23-27-39)50(5,6)7/h8-12,14-32,35,42,48H,13H2,1-7H3. The number of nitrogens with zero attached hydrogens (tertiary/aromatic N) is 3. The molecule has 0 N–H and O–H groups in total. The lowest BCUT2D eigenvalue weighted by atomic mass is 9.29. The molecule has 54 heavy (non-hydrogen) atoms. The van der Waals surface area contributed by atoms with Gasteiger partial charge in [0.2, 0.25) is 6.71 Å². The molecule has 2 aliphatic heterocycles. The second-order valence-electron chi connectivity index (χ2n) is 16.9. The third-order valence-corrected chi connectivity index (χ3v) is 12.3. The highest BCUT2D eigenvalue weighted by molar-refractivity contribution is 6.91. The molecule has 268 valence electrons. The first-order chi connectivity index (χ1) is 26.1. The van der Waals surface area contributed by atoms with Crippen molar-refractivity contribution < 1.29 is 0 Å². The van der Waals surface area contributed by atoms with E-state index in [1.54, 1.807) is 0 Å². The van der Waals surface area contributed by atoms with Gasteiger partial charge in [-0.05, 0) is 139 Å². The Morgan fingerprint density at radius 2 is 1.43 bits per heavy atom. The SMILES string of the molecule is CC1=C(N(C2=CC3C(C=C2)B2c4cc(C)ccc4N(c4ccc(C)cc4)c4cccc(c42)N3c2ccccc2)c2ccc(C(C)(C)C)cc2)C=CCC1C. The average molecular weight is 704 g/mol. The maximum absolute atomic E-state index is 2.62. The molecule has 3 nitrogen and oxygen atoms in total. The lowest BCUT2D eigenvalue weighted by Crippen LogP contribution is -2.61. The van der Waals surface area contributed by atoms with Crippen LogP contribution in [0.25, 0.3) is 0 Å². The van der Waals surface area contributed by atoms with Crippen molar-refractivity contribution in [3.63, 3.8) is 0 Å². The molecule has 3 atom stereocenters. The van der Waals surface area contributed by atoms with Crippen LogP contribution in [0.4, 0.5) is 34.1 Å². The number of aryl methyl sites for hydroxylation is 2. The van der Waals surface area contributed by atoms with Gasteiger partial charge < -0.3 is 14.7 Å². The number of anilines is 6. The summed E-state index contributed by atoms with van der Waals surface area (Å²) in [7, 11) is 0. The summed E-state index contributed by atoms with van der Waals surface area (Å²) in [5, 5.41) is 0. The van der Waals surface area contributed by atoms with E-state index in [0.29, 0.717) is 5.92 Å². The van der Waals surface area contributed by atoms with E-state index in [1.807, 2.05) is 0 Å². The first kappa shape index (κ1) is 34.3. The summed E-state index contributed by atoms with van der Waals surface area (Å²) in [6.07, 6.45) is 13.3. The van der Waals surface area contributed by atoms with Crippen molar-refractivity contribution >= 4 is 51.8 Å². The number of rotatable bonds is 5. The lowest BCUT2D eigenvalue weighted by Gasteiger charge is -2.50. The Kier molecular flexibility index (Phi) is 8.34. The first-order valence-electron chi connectivity index (χ1n) is 19.7. The molecule has 0 saturated carbocycles. The molecule has 0 bridgehead atoms. The van der Waals surface area contributed by atoms with E-state index in [-0.39, 0.29) is 24.0 Å². The van der Waals surface area contributed by atoms with Gasteiger partial charge in [0.05, 0.1) is 6.04 Å². The van der Waals surface area contributed by atoms with Crippen LogP contribution in [0.1, 0.15) is 57.7 Å². The number of hydrogen-bond acceptors (Lipinski definition) is 3. The zero-order valence-electron chi connectivity index (χ0n) is 32.7. The van der Waals surface area contributed by atoms with Gasteiger partial charge in [-0.2, -0.15) is 0 Å². The molecule has 0 amide bonds. The van der Waals surface area contributed by atoms with Crippen LogP contribution in [-0.2, 0) is 5.41 Å². The van der Waals surface area contributed by atoms with Gasteiger partial charge in [-0.3, -0.25) is 0 Å². The number of allylic oxidation sites excluding steroid dienone is 4. The van der Waals surface area contributed by atoms with Crippen LogP contribution in [0.5, 0.6) is 0 Å². The van der Waals surface area contributed by atoms with Crippen LogP contribution >= 0.6 is 0 Å². The molecule has 0 spiro atoms. The zero-order chi connectivity index (χ0) is 37.3. The van der Waals surface area contributed by atoms with E-state index in [0.717, 1.165) is 6.42 Å². The van der Waals surface area contributed by atoms with Crippen molar-refractivity contribution in [3.05, 3.63) is 179 Å². The van der Waals surface area contributed by atoms with Crippen molar-refractivity contribution in [3.8, 4) is 0 Å². The predicted octanol–water partition coefficient (Wildman–Crippen LogP) is 11.7. The molecule has 4 heteroatoms. The van der Waals surface area contributed by atoms with E-state index in [2.05, 4.69) is 209 Å². The third-order valence-electron chi connectivity index (χ3n) is 12.3. The molecule has 0 aromatic heterocycles. The van der Waals surface area contributed by atoms with Crippen LogP contribution in [0.3, 0.4) is 0 Å². The van der Waals surface area contributed by atoms with Gasteiger partial charge in [0.1, 0.15) is 0 Å². The van der Waals surface area contributed by atoms with Crippen molar-refractivity contribution in [2.24, 2.45) is 5.92 Å². The minimum atomic E-state index is 0.0849. The van der Waals surface area contributed by atoms with Gasteiger partial charge in [0.25, 0.3) is 0 Å². The number of hydrogen-bond donors (Lipinski definition) is 0. The Labute approximate surface area is 322 Å². The van der Waals surface area contributed by atoms with Gasteiger partial charge in [-0.1, -0.05) is 112 Å². The van der Waals surface area contributed by atoms with Crippen LogP contribution < -0.4 is 25.6 Å². The van der Waals surface area contributed by atoms with Crippen molar-refractivity contribution in [2.75, 3.05) is 14.7 Å². The average Bonchev–Trinajstić information content (AvgIpc) is 3.17. The summed E-state index contributed by atoms with van der Waals surface area (Å²) in [6, 6.07) is 43.5. The maximum Gasteiger partial charge on any atom is 0.226 e. The normalized spacial score (nSPS) is 20.0. The maximum atomic E-state index is 2.62. The quantitative estimate of drug-likeness (QED) is 0.169. The van der Waals surface area contributed by atoms with Crippen LogP contribution in [-0.4, -0.2) is 12.8 Å². The van der Waals surface area contributed by atoms with E-state index < -0.39 is 0 Å². The highest BCUT2D eigenvalue weighted by atomic mass is 15.2. The number of fused-ring (bicyclic) bond motifs is 4. The van der Waals surface area contributed by atoms with Gasteiger partial charge in [-0.25, -0.2) is 0 Å². The molecular formula is C50H50BN3. The Morgan fingerprint density at radius 1 is 0.704 bits per heavy atom. The monoisotopic (exact) mass is 703 g/mol. The Hall–Kier alpha value is -5.48. The van der Waals surface area contributed by atoms with Crippen molar-refractivity contribution in [1.29, 1.82) is 0 Å². The third kappa shape index (κ3) is 5.66. The summed E-state index contributed by atoms with van der Waals surface area (Å²) < 4.78 is 0. The molecule has 2 heterocycles. The minimum Gasteiger partial charge on any atom is -0.335 e. The Morgan fingerprint density at radius 3 is 2.17 bits per heavy atom. The molecule has 0 saturated heterocycles. The highest BCUT2D eigenvalue weighted by Gasteiger charge is 2.49. The fraction of sp³-hybridized carbons (Fsp3) is 0.240. The highest BCUT2D eigenvalue weighted by Crippen LogP contribution is 2.49. The summed E-state index contributed by atoms with van der Waals surface area (Å²) in [4.78, 5) is 7.64. The van der Waals surface area contributed by atoms with Crippen molar-refractivity contribution in [2.45, 2.75) is 72.2 Å². The summed E-state index contributed by atoms with van der Waals surface area (Å²) in [5.41, 5.74) is 18.2. The Balaban J connectivity index is 1.26. The molecule has 3 unspecified atom stereocenters. The molecule has 0 fully saturated rings. The molecular weight excluding hydrogens is 653 g/mol. The molecule has 0 radical (unpaired) electrons. The lowest BCUT2D eigenvalue weighted by molar-refractivity contribution is 0.590. The molecule has 2 aliphatic carbocycles. The smallest absolute Gasteiger partial charge is 0.226 e. The van der Waals surface area contributed by atoms with Crippen LogP contribution in [0.2, 0.25) is 5.82 Å². The first-order valence-corrected chi connectivity index (χ1v) is 19.7. The van der Waals surface area contributed by atoms with E-state index in [1.165, 1.54) is 78.7 Å². The fourth-order valence-corrected chi connectivity index (χ4v) is 9.21. The molecule has 4 aliphatic rings. The molecule has 9 rings (SSSR count). The Bertz CT molecular complexity index is 2360. The second-order valence-corrected chi connectivity index (χ2v) is 16.9. The second kappa shape index (κ2) is 13.1. The van der Waals surface area contributed by atoms with Gasteiger partial charge >= 0.3 is 0 Å². The van der Waals surface area contributed by atoms with E-state index in [4.69, 9.17) is 0 Å². The minimum absolute atomic E-state index is 0.0849. The largest absolute Gasteiger partial charge is 0.335 e. The number of para-hydroxylation sites is 1. The molecule has 5 aromatic carbocycles. The predicted molar refractivity (Wildman–Crippen MR) is 232 cm³/mol. The fourth-order valence-electron chi connectivity index (χ4n) is 9.21. The zero-order valence-corrected chi connectivity index (χ0v) is 32.7. The van der Waals surface area contributed by atoms with E-state index in [9.17, 15) is 0 Å². The van der Waals surface area contributed by atoms with Crippen molar-refractivity contribution in [1.82, 2.24) is 0 Å². The van der Waals surface area contributed by atoms with E-state index >= 15 is 0 Å². The van der Waals surface area contributed by atoms with Crippen LogP contribution in [0, 0.1) is 19.8 Å². The van der Waals surface area contributed by atoms with Gasteiger partial charge in [0.15, 0.2) is 0 Å². The summed E-state index contributed by atoms with van der Waals surface area (Å²) in [5.74, 6) is 0.700. The van der Waals surface area contributed by atoms with Gasteiger partial charge in [0, 0.05) is 45.5 Å². The summed E-state index contributed by atoms with van der Waals surface area (Å²) >= 11 is 0. The number of benzene rings is 5. The van der Waals surface area contributed by atoms with Gasteiger partial charge in [-0.15, -0.1) is 0 Å². The topological polar surface area (TPSA) is 9.72 Å². The van der Waals surface area contributed by atoms with Crippen LogP contribution in [0.15, 0.2) is 163 Å².